The second-order valence-corrected chi connectivity index (χ2v) is 5.14. The maximum Gasteiger partial charge on any atom is 0.181 e. The molecule has 18 heavy (non-hydrogen) atoms. The van der Waals surface area contributed by atoms with E-state index in [2.05, 4.69) is 58.3 Å². The minimum Gasteiger partial charge on any atom is -0.443 e. The summed E-state index contributed by atoms with van der Waals surface area (Å²) in [5.41, 5.74) is 3.22. The normalized spacial score (nSPS) is 10.8. The van der Waals surface area contributed by atoms with Gasteiger partial charge in [-0.05, 0) is 37.6 Å². The number of nitrogens with zero attached hydrogens (tertiary/aromatic N) is 1. The third kappa shape index (κ3) is 3.00. The molecule has 0 saturated heterocycles. The Kier molecular flexibility index (Phi) is 4.55. The highest BCUT2D eigenvalue weighted by atomic mass is 79.9. The zero-order chi connectivity index (χ0) is 13.0. The lowest BCUT2D eigenvalue weighted by Crippen LogP contribution is -2.14. The highest BCUT2D eigenvalue weighted by Gasteiger charge is 2.13. The zero-order valence-corrected chi connectivity index (χ0v) is 12.3. The van der Waals surface area contributed by atoms with Crippen molar-refractivity contribution in [3.8, 4) is 11.3 Å². The zero-order valence-electron chi connectivity index (χ0n) is 10.7. The molecule has 3 nitrogen and oxygen atoms in total. The number of aromatic nitrogens is 1. The SMILES string of the molecule is CCCNCc1ncoc1-c1ccc(C)cc1Br. The lowest BCUT2D eigenvalue weighted by molar-refractivity contribution is 0.569. The Morgan fingerprint density at radius 3 is 2.94 bits per heavy atom. The van der Waals surface area contributed by atoms with E-state index in [9.17, 15) is 0 Å². The predicted octanol–water partition coefficient (Wildman–Crippen LogP) is 3.91. The van der Waals surface area contributed by atoms with Crippen LogP contribution in [0.5, 0.6) is 0 Å². The van der Waals surface area contributed by atoms with Crippen LogP contribution in [0.3, 0.4) is 0 Å². The van der Waals surface area contributed by atoms with Crippen LogP contribution in [0.25, 0.3) is 11.3 Å². The lowest BCUT2D eigenvalue weighted by atomic mass is 10.1. The molecule has 0 saturated carbocycles. The van der Waals surface area contributed by atoms with Gasteiger partial charge in [-0.3, -0.25) is 0 Å². The number of halogens is 1. The highest BCUT2D eigenvalue weighted by Crippen LogP contribution is 2.31. The molecule has 0 bridgehead atoms. The third-order valence-electron chi connectivity index (χ3n) is 2.73. The summed E-state index contributed by atoms with van der Waals surface area (Å²) in [6, 6.07) is 6.22. The van der Waals surface area contributed by atoms with Gasteiger partial charge in [0.2, 0.25) is 0 Å². The Morgan fingerprint density at radius 2 is 2.22 bits per heavy atom. The van der Waals surface area contributed by atoms with Gasteiger partial charge in [-0.1, -0.05) is 28.9 Å². The van der Waals surface area contributed by atoms with Crippen LogP contribution in [0.15, 0.2) is 33.5 Å². The molecule has 96 valence electrons. The summed E-state index contributed by atoms with van der Waals surface area (Å²) in [5, 5.41) is 3.34. The van der Waals surface area contributed by atoms with E-state index in [0.29, 0.717) is 0 Å². The molecule has 0 aliphatic carbocycles. The average molecular weight is 309 g/mol. The molecule has 0 aliphatic heterocycles. The van der Waals surface area contributed by atoms with Crippen molar-refractivity contribution in [2.24, 2.45) is 0 Å². The molecule has 0 radical (unpaired) electrons. The van der Waals surface area contributed by atoms with E-state index >= 15 is 0 Å². The minimum atomic E-state index is 0.736. The lowest BCUT2D eigenvalue weighted by Gasteiger charge is -2.05. The van der Waals surface area contributed by atoms with Gasteiger partial charge in [0, 0.05) is 16.6 Å². The molecule has 1 heterocycles. The van der Waals surface area contributed by atoms with Gasteiger partial charge in [-0.2, -0.15) is 0 Å². The van der Waals surface area contributed by atoms with E-state index in [4.69, 9.17) is 4.42 Å². The molecule has 1 N–H and O–H groups in total. The van der Waals surface area contributed by atoms with Gasteiger partial charge in [-0.25, -0.2) is 4.98 Å². The Morgan fingerprint density at radius 1 is 1.39 bits per heavy atom. The second-order valence-electron chi connectivity index (χ2n) is 4.29. The van der Waals surface area contributed by atoms with Crippen LogP contribution < -0.4 is 5.32 Å². The summed E-state index contributed by atoms with van der Waals surface area (Å²) in [5.74, 6) is 0.838. The van der Waals surface area contributed by atoms with Gasteiger partial charge in [0.1, 0.15) is 5.69 Å². The standard InChI is InChI=1S/C14H17BrN2O/c1-3-6-16-8-13-14(18-9-17-13)11-5-4-10(2)7-12(11)15/h4-5,7,9,16H,3,6,8H2,1-2H3. The summed E-state index contributed by atoms with van der Waals surface area (Å²) in [4.78, 5) is 4.28. The number of oxazole rings is 1. The predicted molar refractivity (Wildman–Crippen MR) is 76.4 cm³/mol. The maximum absolute atomic E-state index is 5.52. The fourth-order valence-electron chi connectivity index (χ4n) is 1.80. The van der Waals surface area contributed by atoms with Gasteiger partial charge in [0.15, 0.2) is 12.2 Å². The summed E-state index contributed by atoms with van der Waals surface area (Å²) >= 11 is 3.58. The van der Waals surface area contributed by atoms with Gasteiger partial charge >= 0.3 is 0 Å². The quantitative estimate of drug-likeness (QED) is 0.851. The first-order valence-electron chi connectivity index (χ1n) is 6.12. The monoisotopic (exact) mass is 308 g/mol. The molecule has 0 spiro atoms. The molecular weight excluding hydrogens is 292 g/mol. The fourth-order valence-corrected chi connectivity index (χ4v) is 2.48. The first-order valence-corrected chi connectivity index (χ1v) is 6.91. The molecule has 1 aromatic heterocycles. The van der Waals surface area contributed by atoms with E-state index in [1.807, 2.05) is 0 Å². The van der Waals surface area contributed by atoms with E-state index in [1.165, 1.54) is 12.0 Å². The molecule has 0 amide bonds. The molecule has 0 unspecified atom stereocenters. The molecule has 2 aromatic rings. The summed E-state index contributed by atoms with van der Waals surface area (Å²) < 4.78 is 6.56. The van der Waals surface area contributed by atoms with Gasteiger partial charge < -0.3 is 9.73 Å². The Hall–Kier alpha value is -1.13. The molecule has 2 rings (SSSR count). The van der Waals surface area contributed by atoms with Gasteiger partial charge in [0.25, 0.3) is 0 Å². The number of rotatable bonds is 5. The number of hydrogen-bond acceptors (Lipinski definition) is 3. The van der Waals surface area contributed by atoms with Crippen LogP contribution >= 0.6 is 15.9 Å². The van der Waals surface area contributed by atoms with Gasteiger partial charge in [0.05, 0.1) is 0 Å². The van der Waals surface area contributed by atoms with E-state index in [-0.39, 0.29) is 0 Å². The van der Waals surface area contributed by atoms with Crippen LogP contribution in [0, 0.1) is 6.92 Å². The molecule has 0 aliphatic rings. The van der Waals surface area contributed by atoms with Crippen LogP contribution in [0.4, 0.5) is 0 Å². The summed E-state index contributed by atoms with van der Waals surface area (Å²) in [7, 11) is 0. The minimum absolute atomic E-state index is 0.736. The van der Waals surface area contributed by atoms with Crippen LogP contribution in [-0.4, -0.2) is 11.5 Å². The van der Waals surface area contributed by atoms with Crippen LogP contribution in [-0.2, 0) is 6.54 Å². The third-order valence-corrected chi connectivity index (χ3v) is 3.39. The largest absolute Gasteiger partial charge is 0.443 e. The van der Waals surface area contributed by atoms with E-state index < -0.39 is 0 Å². The Bertz CT molecular complexity index is 522. The fraction of sp³-hybridized carbons (Fsp3) is 0.357. The maximum atomic E-state index is 5.52. The summed E-state index contributed by atoms with van der Waals surface area (Å²) in [6.45, 7) is 5.94. The van der Waals surface area contributed by atoms with Crippen molar-refractivity contribution < 1.29 is 4.42 Å². The van der Waals surface area contributed by atoms with E-state index in [1.54, 1.807) is 0 Å². The Balaban J connectivity index is 2.25. The number of benzene rings is 1. The van der Waals surface area contributed by atoms with Crippen molar-refractivity contribution in [1.29, 1.82) is 0 Å². The first-order chi connectivity index (χ1) is 8.72. The van der Waals surface area contributed by atoms with Crippen molar-refractivity contribution in [2.75, 3.05) is 6.54 Å². The molecular formula is C14H17BrN2O. The van der Waals surface area contributed by atoms with Crippen molar-refractivity contribution in [3.63, 3.8) is 0 Å². The van der Waals surface area contributed by atoms with Crippen molar-refractivity contribution >= 4 is 15.9 Å². The summed E-state index contributed by atoms with van der Waals surface area (Å²) in [6.07, 6.45) is 2.62. The topological polar surface area (TPSA) is 38.1 Å². The first kappa shape index (κ1) is 13.3. The Labute approximate surface area is 116 Å². The molecule has 0 fully saturated rings. The number of aryl methyl sites for hydroxylation is 1. The van der Waals surface area contributed by atoms with Crippen LogP contribution in [0.1, 0.15) is 24.6 Å². The average Bonchev–Trinajstić information content (AvgIpc) is 2.78. The molecule has 4 heteroatoms. The molecule has 1 aromatic carbocycles. The number of nitrogens with one attached hydrogen (secondary N) is 1. The highest BCUT2D eigenvalue weighted by molar-refractivity contribution is 9.10. The van der Waals surface area contributed by atoms with Crippen molar-refractivity contribution in [2.45, 2.75) is 26.8 Å². The van der Waals surface area contributed by atoms with Gasteiger partial charge in [-0.15, -0.1) is 0 Å². The van der Waals surface area contributed by atoms with Crippen LogP contribution in [0.2, 0.25) is 0 Å². The second kappa shape index (κ2) is 6.16. The van der Waals surface area contributed by atoms with Crippen molar-refractivity contribution in [1.82, 2.24) is 10.3 Å². The smallest absolute Gasteiger partial charge is 0.181 e. The molecule has 0 atom stereocenters. The van der Waals surface area contributed by atoms with Crippen molar-refractivity contribution in [3.05, 3.63) is 40.3 Å². The number of hydrogen-bond donors (Lipinski definition) is 1. The van der Waals surface area contributed by atoms with E-state index in [0.717, 1.165) is 41.0 Å².